The summed E-state index contributed by atoms with van der Waals surface area (Å²) in [5, 5.41) is 8.97. The van der Waals surface area contributed by atoms with Crippen LogP contribution in [0.25, 0.3) is 27.5 Å². The molecule has 8 nitrogen and oxygen atoms in total. The minimum Gasteiger partial charge on any atom is -0.495 e. The SMILES string of the molecule is COc1ccc(-n2nc(C(=O)NCc3ccccn3)c3c4ccccc4n(C)c3c2=O)cc1Cl. The third kappa shape index (κ3) is 3.58. The number of methoxy groups -OCH3 is 1. The second kappa shape index (κ2) is 8.64. The molecule has 34 heavy (non-hydrogen) atoms. The molecule has 5 aromatic rings. The summed E-state index contributed by atoms with van der Waals surface area (Å²) in [6, 6.07) is 17.9. The molecule has 0 bridgehead atoms. The van der Waals surface area contributed by atoms with Crippen molar-refractivity contribution in [1.82, 2.24) is 24.6 Å². The first-order chi connectivity index (χ1) is 16.5. The summed E-state index contributed by atoms with van der Waals surface area (Å²) in [6.45, 7) is 0.223. The molecule has 0 aliphatic carbocycles. The molecule has 170 valence electrons. The van der Waals surface area contributed by atoms with Crippen molar-refractivity contribution in [1.29, 1.82) is 0 Å². The molecule has 1 N–H and O–H groups in total. The number of pyridine rings is 1. The second-order valence-electron chi connectivity index (χ2n) is 7.69. The van der Waals surface area contributed by atoms with Crippen LogP contribution >= 0.6 is 11.6 Å². The summed E-state index contributed by atoms with van der Waals surface area (Å²) in [7, 11) is 3.31. The van der Waals surface area contributed by atoms with Gasteiger partial charge in [-0.3, -0.25) is 14.6 Å². The van der Waals surface area contributed by atoms with Gasteiger partial charge in [0.1, 0.15) is 11.3 Å². The Morgan fingerprint density at radius 1 is 1.12 bits per heavy atom. The van der Waals surface area contributed by atoms with Gasteiger partial charge < -0.3 is 14.6 Å². The lowest BCUT2D eigenvalue weighted by atomic mass is 10.1. The molecule has 0 aliphatic rings. The van der Waals surface area contributed by atoms with Crippen molar-refractivity contribution >= 4 is 39.3 Å². The number of aryl methyl sites for hydroxylation is 1. The summed E-state index contributed by atoms with van der Waals surface area (Å²) in [6.07, 6.45) is 1.66. The highest BCUT2D eigenvalue weighted by atomic mass is 35.5. The number of benzene rings is 2. The van der Waals surface area contributed by atoms with E-state index in [2.05, 4.69) is 15.4 Å². The van der Waals surface area contributed by atoms with Crippen LogP contribution in [0.4, 0.5) is 0 Å². The number of para-hydroxylation sites is 1. The van der Waals surface area contributed by atoms with Crippen LogP contribution in [0.3, 0.4) is 0 Å². The fourth-order valence-electron chi connectivity index (χ4n) is 4.06. The highest BCUT2D eigenvalue weighted by Crippen LogP contribution is 2.30. The van der Waals surface area contributed by atoms with E-state index in [0.717, 1.165) is 10.9 Å². The van der Waals surface area contributed by atoms with Crippen LogP contribution in [-0.4, -0.2) is 32.3 Å². The van der Waals surface area contributed by atoms with Crippen LogP contribution in [0.1, 0.15) is 16.2 Å². The third-order valence-electron chi connectivity index (χ3n) is 5.69. The van der Waals surface area contributed by atoms with Gasteiger partial charge in [0.2, 0.25) is 0 Å². The van der Waals surface area contributed by atoms with Gasteiger partial charge in [-0.25, -0.2) is 0 Å². The Labute approximate surface area is 199 Å². The van der Waals surface area contributed by atoms with Crippen molar-refractivity contribution in [3.63, 3.8) is 0 Å². The maximum atomic E-state index is 13.6. The van der Waals surface area contributed by atoms with Gasteiger partial charge in [0.25, 0.3) is 11.5 Å². The Kier molecular flexibility index (Phi) is 5.51. The van der Waals surface area contributed by atoms with E-state index >= 15 is 0 Å². The highest BCUT2D eigenvalue weighted by Gasteiger charge is 2.23. The number of nitrogens with zero attached hydrogens (tertiary/aromatic N) is 4. The number of rotatable bonds is 5. The normalized spacial score (nSPS) is 11.1. The first-order valence-corrected chi connectivity index (χ1v) is 10.9. The van der Waals surface area contributed by atoms with Gasteiger partial charge >= 0.3 is 0 Å². The zero-order valence-corrected chi connectivity index (χ0v) is 19.2. The Bertz CT molecular complexity index is 1610. The molecule has 9 heteroatoms. The first kappa shape index (κ1) is 21.7. The molecule has 1 amide bonds. The summed E-state index contributed by atoms with van der Waals surface area (Å²) >= 11 is 6.31. The van der Waals surface area contributed by atoms with Crippen molar-refractivity contribution < 1.29 is 9.53 Å². The fraction of sp³-hybridized carbons (Fsp3) is 0.120. The third-order valence-corrected chi connectivity index (χ3v) is 5.99. The van der Waals surface area contributed by atoms with E-state index in [9.17, 15) is 9.59 Å². The van der Waals surface area contributed by atoms with Gasteiger partial charge in [-0.2, -0.15) is 9.78 Å². The van der Waals surface area contributed by atoms with Gasteiger partial charge in [-0.1, -0.05) is 35.9 Å². The number of halogens is 1. The number of nitrogens with one attached hydrogen (secondary N) is 1. The molecule has 0 saturated heterocycles. The largest absolute Gasteiger partial charge is 0.495 e. The molecule has 0 fully saturated rings. The standard InChI is InChI=1S/C25H20ClN5O3/c1-30-19-9-4-3-8-17(19)21-22(24(32)28-14-15-7-5-6-12-27-15)29-31(25(33)23(21)30)16-10-11-20(34-2)18(26)13-16/h3-13H,14H2,1-2H3,(H,28,32). The minimum atomic E-state index is -0.416. The molecule has 3 aromatic heterocycles. The lowest BCUT2D eigenvalue weighted by Gasteiger charge is -2.12. The average Bonchev–Trinajstić information content (AvgIpc) is 3.16. The zero-order valence-electron chi connectivity index (χ0n) is 18.4. The monoisotopic (exact) mass is 473 g/mol. The van der Waals surface area contributed by atoms with E-state index in [1.807, 2.05) is 42.5 Å². The van der Waals surface area contributed by atoms with Gasteiger partial charge in [0.15, 0.2) is 5.69 Å². The van der Waals surface area contributed by atoms with Crippen LogP contribution in [0, 0.1) is 0 Å². The molecule has 0 radical (unpaired) electrons. The number of carbonyl (C=O) groups is 1. The minimum absolute atomic E-state index is 0.134. The maximum absolute atomic E-state index is 13.6. The van der Waals surface area contributed by atoms with Crippen LogP contribution in [0.5, 0.6) is 5.75 Å². The van der Waals surface area contributed by atoms with Crippen LogP contribution in [0.2, 0.25) is 5.02 Å². The van der Waals surface area contributed by atoms with Gasteiger partial charge in [0, 0.05) is 29.5 Å². The summed E-state index contributed by atoms with van der Waals surface area (Å²) in [5.74, 6) is 0.0536. The molecule has 3 heterocycles. The molecule has 0 unspecified atom stereocenters. The summed E-state index contributed by atoms with van der Waals surface area (Å²) in [4.78, 5) is 31.2. The molecule has 0 saturated carbocycles. The average molecular weight is 474 g/mol. The molecule has 0 aliphatic heterocycles. The molecule has 2 aromatic carbocycles. The number of fused-ring (bicyclic) bond motifs is 3. The van der Waals surface area contributed by atoms with E-state index in [-0.39, 0.29) is 17.8 Å². The van der Waals surface area contributed by atoms with E-state index in [1.165, 1.54) is 11.8 Å². The lowest BCUT2D eigenvalue weighted by molar-refractivity contribution is 0.0945. The van der Waals surface area contributed by atoms with Crippen molar-refractivity contribution in [3.8, 4) is 11.4 Å². The lowest BCUT2D eigenvalue weighted by Crippen LogP contribution is -2.30. The zero-order chi connectivity index (χ0) is 23.8. The highest BCUT2D eigenvalue weighted by molar-refractivity contribution is 6.32. The number of amides is 1. The maximum Gasteiger partial charge on any atom is 0.296 e. The quantitative estimate of drug-likeness (QED) is 0.418. The fourth-order valence-corrected chi connectivity index (χ4v) is 4.31. The number of carbonyl (C=O) groups excluding carboxylic acids is 1. The van der Waals surface area contributed by atoms with Crippen molar-refractivity contribution in [2.75, 3.05) is 7.11 Å². The van der Waals surface area contributed by atoms with Crippen LogP contribution in [0.15, 0.2) is 71.7 Å². The molecule has 0 spiro atoms. The molecule has 5 rings (SSSR count). The van der Waals surface area contributed by atoms with Gasteiger partial charge in [-0.15, -0.1) is 0 Å². The smallest absolute Gasteiger partial charge is 0.296 e. The second-order valence-corrected chi connectivity index (χ2v) is 8.10. The molecular weight excluding hydrogens is 454 g/mol. The van der Waals surface area contributed by atoms with Gasteiger partial charge in [0.05, 0.1) is 30.1 Å². The predicted octanol–water partition coefficient (Wildman–Crippen LogP) is 3.86. The predicted molar refractivity (Wildman–Crippen MR) is 131 cm³/mol. The first-order valence-electron chi connectivity index (χ1n) is 10.5. The number of hydrogen-bond acceptors (Lipinski definition) is 5. The van der Waals surface area contributed by atoms with Crippen molar-refractivity contribution in [2.45, 2.75) is 6.54 Å². The van der Waals surface area contributed by atoms with E-state index in [0.29, 0.717) is 33.1 Å². The van der Waals surface area contributed by atoms with Crippen molar-refractivity contribution in [2.24, 2.45) is 7.05 Å². The summed E-state index contributed by atoms with van der Waals surface area (Å²) in [5.41, 5.74) is 2.08. The van der Waals surface area contributed by atoms with E-state index in [4.69, 9.17) is 16.3 Å². The van der Waals surface area contributed by atoms with Gasteiger partial charge in [-0.05, 0) is 36.4 Å². The Morgan fingerprint density at radius 2 is 1.91 bits per heavy atom. The van der Waals surface area contributed by atoms with E-state index < -0.39 is 5.91 Å². The van der Waals surface area contributed by atoms with Crippen LogP contribution in [-0.2, 0) is 13.6 Å². The number of aromatic nitrogens is 4. The topological polar surface area (TPSA) is 91.0 Å². The molecular formula is C25H20ClN5O3. The number of hydrogen-bond donors (Lipinski definition) is 1. The Hall–Kier alpha value is -4.17. The summed E-state index contributed by atoms with van der Waals surface area (Å²) < 4.78 is 8.20. The Balaban J connectivity index is 1.73. The van der Waals surface area contributed by atoms with Crippen molar-refractivity contribution in [3.05, 3.63) is 93.6 Å². The Morgan fingerprint density at radius 3 is 2.65 bits per heavy atom. The van der Waals surface area contributed by atoms with E-state index in [1.54, 1.807) is 36.0 Å². The van der Waals surface area contributed by atoms with Crippen LogP contribution < -0.4 is 15.6 Å². The molecule has 0 atom stereocenters. The number of ether oxygens (including phenoxy) is 1.